The second-order valence-corrected chi connectivity index (χ2v) is 6.53. The molecule has 9 nitrogen and oxygen atoms in total. The first-order valence-electron chi connectivity index (χ1n) is 9.15. The Kier molecular flexibility index (Phi) is 6.36. The lowest BCUT2D eigenvalue weighted by Gasteiger charge is -2.34. The maximum Gasteiger partial charge on any atom is 0.274 e. The number of hydrogen-bond acceptors (Lipinski definition) is 6. The van der Waals surface area contributed by atoms with Crippen molar-refractivity contribution < 1.29 is 18.8 Å². The maximum absolute atomic E-state index is 12.8. The summed E-state index contributed by atoms with van der Waals surface area (Å²) in [7, 11) is 0. The van der Waals surface area contributed by atoms with Crippen molar-refractivity contribution >= 4 is 17.7 Å². The summed E-state index contributed by atoms with van der Waals surface area (Å²) in [6.07, 6.45) is 6.09. The molecule has 0 spiro atoms. The van der Waals surface area contributed by atoms with E-state index in [0.29, 0.717) is 31.9 Å². The Morgan fingerprint density at radius 1 is 1.14 bits per heavy atom. The molecule has 1 aliphatic rings. The average molecular weight is 385 g/mol. The molecule has 1 saturated heterocycles. The molecule has 0 aliphatic carbocycles. The first-order valence-corrected chi connectivity index (χ1v) is 9.15. The van der Waals surface area contributed by atoms with Crippen LogP contribution in [-0.4, -0.2) is 75.1 Å². The number of rotatable bonds is 6. The monoisotopic (exact) mass is 385 g/mol. The van der Waals surface area contributed by atoms with Gasteiger partial charge in [-0.3, -0.25) is 19.4 Å². The molecule has 3 heterocycles. The number of nitrogens with zero attached hydrogens (tertiary/aromatic N) is 5. The van der Waals surface area contributed by atoms with Crippen molar-refractivity contribution in [2.45, 2.75) is 19.9 Å². The van der Waals surface area contributed by atoms with Crippen LogP contribution in [0.1, 0.15) is 29.6 Å². The van der Waals surface area contributed by atoms with Crippen LogP contribution < -0.4 is 0 Å². The van der Waals surface area contributed by atoms with Crippen molar-refractivity contribution in [1.29, 1.82) is 0 Å². The molecule has 148 valence electrons. The Morgan fingerprint density at radius 3 is 2.50 bits per heavy atom. The number of carbonyl (C=O) groups excluding carboxylic acids is 3. The van der Waals surface area contributed by atoms with E-state index >= 15 is 0 Å². The summed E-state index contributed by atoms with van der Waals surface area (Å²) < 4.78 is 5.34. The minimum Gasteiger partial charge on any atom is -0.467 e. The van der Waals surface area contributed by atoms with Crippen molar-refractivity contribution in [3.8, 4) is 0 Å². The molecule has 0 unspecified atom stereocenters. The molecule has 1 aliphatic heterocycles. The summed E-state index contributed by atoms with van der Waals surface area (Å²) >= 11 is 0. The van der Waals surface area contributed by atoms with Crippen LogP contribution >= 0.6 is 0 Å². The van der Waals surface area contributed by atoms with Crippen LogP contribution in [0.15, 0.2) is 41.4 Å². The summed E-state index contributed by atoms with van der Waals surface area (Å²) in [5.41, 5.74) is 0.219. The summed E-state index contributed by atoms with van der Waals surface area (Å²) in [6.45, 7) is 4.10. The highest BCUT2D eigenvalue weighted by atomic mass is 16.3. The van der Waals surface area contributed by atoms with Crippen molar-refractivity contribution in [2.24, 2.45) is 0 Å². The second kappa shape index (κ2) is 9.12. The van der Waals surface area contributed by atoms with Gasteiger partial charge in [0.1, 0.15) is 11.5 Å². The normalized spacial score (nSPS) is 14.0. The van der Waals surface area contributed by atoms with Gasteiger partial charge >= 0.3 is 0 Å². The number of piperazine rings is 1. The summed E-state index contributed by atoms with van der Waals surface area (Å²) in [5.74, 6) is 0.296. The van der Waals surface area contributed by atoms with Crippen LogP contribution in [0.5, 0.6) is 0 Å². The zero-order chi connectivity index (χ0) is 19.9. The average Bonchev–Trinajstić information content (AvgIpc) is 3.24. The lowest BCUT2D eigenvalue weighted by molar-refractivity contribution is -0.138. The molecular formula is C19H23N5O4. The lowest BCUT2D eigenvalue weighted by Crippen LogP contribution is -2.50. The number of aromatic nitrogens is 2. The van der Waals surface area contributed by atoms with E-state index < -0.39 is 0 Å². The van der Waals surface area contributed by atoms with E-state index in [0.717, 1.165) is 0 Å². The van der Waals surface area contributed by atoms with Crippen LogP contribution in [0.25, 0.3) is 0 Å². The highest BCUT2D eigenvalue weighted by Crippen LogP contribution is 2.11. The van der Waals surface area contributed by atoms with Crippen molar-refractivity contribution in [3.05, 3.63) is 48.4 Å². The van der Waals surface area contributed by atoms with Gasteiger partial charge in [-0.2, -0.15) is 0 Å². The molecule has 2 aromatic rings. The van der Waals surface area contributed by atoms with Crippen molar-refractivity contribution in [1.82, 2.24) is 24.7 Å². The molecule has 0 N–H and O–H groups in total. The molecule has 28 heavy (non-hydrogen) atoms. The lowest BCUT2D eigenvalue weighted by atomic mass is 10.2. The fourth-order valence-electron chi connectivity index (χ4n) is 3.07. The summed E-state index contributed by atoms with van der Waals surface area (Å²) in [4.78, 5) is 49.8. The Hall–Kier alpha value is -3.23. The molecule has 1 fully saturated rings. The van der Waals surface area contributed by atoms with Crippen LogP contribution in [0, 0.1) is 0 Å². The zero-order valence-corrected chi connectivity index (χ0v) is 15.8. The summed E-state index contributed by atoms with van der Waals surface area (Å²) in [6, 6.07) is 3.53. The van der Waals surface area contributed by atoms with Gasteiger partial charge in [0.25, 0.3) is 5.91 Å². The molecule has 0 saturated carbocycles. The third kappa shape index (κ3) is 4.93. The van der Waals surface area contributed by atoms with Crippen LogP contribution in [0.4, 0.5) is 0 Å². The van der Waals surface area contributed by atoms with E-state index in [1.54, 1.807) is 28.2 Å². The van der Waals surface area contributed by atoms with Gasteiger partial charge in [0, 0.05) is 58.5 Å². The van der Waals surface area contributed by atoms with E-state index in [2.05, 4.69) is 9.97 Å². The molecule has 0 aromatic carbocycles. The third-order valence-electron chi connectivity index (χ3n) is 4.67. The molecule has 3 amide bonds. The van der Waals surface area contributed by atoms with Gasteiger partial charge < -0.3 is 19.1 Å². The van der Waals surface area contributed by atoms with E-state index in [4.69, 9.17) is 4.42 Å². The molecule has 9 heteroatoms. The third-order valence-corrected chi connectivity index (χ3v) is 4.67. The predicted octanol–water partition coefficient (Wildman–Crippen LogP) is 0.793. The quantitative estimate of drug-likeness (QED) is 0.729. The van der Waals surface area contributed by atoms with Gasteiger partial charge in [-0.1, -0.05) is 0 Å². The van der Waals surface area contributed by atoms with Crippen LogP contribution in [0.2, 0.25) is 0 Å². The van der Waals surface area contributed by atoms with Gasteiger partial charge in [-0.15, -0.1) is 0 Å². The smallest absolute Gasteiger partial charge is 0.274 e. The molecule has 0 bridgehead atoms. The van der Waals surface area contributed by atoms with Gasteiger partial charge in [0.15, 0.2) is 0 Å². The predicted molar refractivity (Wildman–Crippen MR) is 98.9 cm³/mol. The number of carbonyl (C=O) groups is 3. The van der Waals surface area contributed by atoms with E-state index in [1.807, 2.05) is 0 Å². The van der Waals surface area contributed by atoms with Crippen molar-refractivity contribution in [3.63, 3.8) is 0 Å². The van der Waals surface area contributed by atoms with Crippen LogP contribution in [-0.2, 0) is 16.1 Å². The number of amides is 3. The largest absolute Gasteiger partial charge is 0.467 e. The Balaban J connectivity index is 1.60. The zero-order valence-electron chi connectivity index (χ0n) is 15.8. The fourth-order valence-corrected chi connectivity index (χ4v) is 3.07. The van der Waals surface area contributed by atoms with Crippen molar-refractivity contribution in [2.75, 3.05) is 32.7 Å². The molecule has 3 rings (SSSR count). The maximum atomic E-state index is 12.8. The van der Waals surface area contributed by atoms with E-state index in [1.165, 1.54) is 30.4 Å². The number of furan rings is 1. The van der Waals surface area contributed by atoms with Crippen LogP contribution in [0.3, 0.4) is 0 Å². The molecule has 2 aromatic heterocycles. The highest BCUT2D eigenvalue weighted by Gasteiger charge is 2.24. The first-order chi connectivity index (χ1) is 13.5. The highest BCUT2D eigenvalue weighted by molar-refractivity contribution is 5.92. The molecular weight excluding hydrogens is 362 g/mol. The minimum absolute atomic E-state index is 0.0197. The standard InChI is InChI=1S/C19H23N5O4/c1-15(25)22-8-10-23(11-9-22)18(26)4-7-24(14-16-3-2-12-28-16)19(27)17-13-20-5-6-21-17/h2-3,5-6,12-13H,4,7-11,14H2,1H3. The molecule has 0 atom stereocenters. The van der Waals surface area contributed by atoms with Gasteiger partial charge in [0.2, 0.25) is 11.8 Å². The topological polar surface area (TPSA) is 99.9 Å². The fraction of sp³-hybridized carbons (Fsp3) is 0.421. The van der Waals surface area contributed by atoms with Gasteiger partial charge in [0.05, 0.1) is 19.0 Å². The second-order valence-electron chi connectivity index (χ2n) is 6.53. The first kappa shape index (κ1) is 19.5. The SMILES string of the molecule is CC(=O)N1CCN(C(=O)CCN(Cc2ccco2)C(=O)c2cnccn2)CC1. The van der Waals surface area contributed by atoms with Gasteiger partial charge in [-0.25, -0.2) is 4.98 Å². The Labute approximate surface area is 162 Å². The summed E-state index contributed by atoms with van der Waals surface area (Å²) in [5, 5.41) is 0. The van der Waals surface area contributed by atoms with Gasteiger partial charge in [-0.05, 0) is 12.1 Å². The number of hydrogen-bond donors (Lipinski definition) is 0. The minimum atomic E-state index is -0.307. The van der Waals surface area contributed by atoms with E-state index in [-0.39, 0.29) is 42.9 Å². The Bertz CT molecular complexity index is 801. The molecule has 0 radical (unpaired) electrons. The van der Waals surface area contributed by atoms with E-state index in [9.17, 15) is 14.4 Å². The Morgan fingerprint density at radius 2 is 1.89 bits per heavy atom.